The largest absolute Gasteiger partial charge is 0.287 e. The maximum absolute atomic E-state index is 9.11. The van der Waals surface area contributed by atoms with E-state index in [0.29, 0.717) is 6.54 Å². The van der Waals surface area contributed by atoms with Crippen LogP contribution in [0.3, 0.4) is 0 Å². The summed E-state index contributed by atoms with van der Waals surface area (Å²) in [4.78, 5) is 4.07. The van der Waals surface area contributed by atoms with Crippen molar-refractivity contribution in [3.05, 3.63) is 28.0 Å². The van der Waals surface area contributed by atoms with Crippen LogP contribution in [0.1, 0.15) is 11.1 Å². The minimum atomic E-state index is 0.662. The van der Waals surface area contributed by atoms with Crippen LogP contribution in [0, 0.1) is 0 Å². The Kier molecular flexibility index (Phi) is 1.42. The van der Waals surface area contributed by atoms with Gasteiger partial charge in [-0.2, -0.15) is 0 Å². The van der Waals surface area contributed by atoms with Gasteiger partial charge in [0.25, 0.3) is 0 Å². The van der Waals surface area contributed by atoms with Gasteiger partial charge < -0.3 is 0 Å². The molecule has 0 atom stereocenters. The number of hydrogen-bond acceptors (Lipinski definition) is 2. The van der Waals surface area contributed by atoms with Crippen molar-refractivity contribution >= 4 is 22.1 Å². The van der Waals surface area contributed by atoms with E-state index in [1.54, 1.807) is 18.6 Å². The lowest BCUT2D eigenvalue weighted by atomic mass is 10.2. The molecule has 0 spiro atoms. The summed E-state index contributed by atoms with van der Waals surface area (Å²) in [6, 6.07) is 0. The minimum Gasteiger partial charge on any atom is -0.287 e. The summed E-state index contributed by atoms with van der Waals surface area (Å²) >= 11 is 3.33. The van der Waals surface area contributed by atoms with Crippen molar-refractivity contribution < 1.29 is 9.94 Å². The maximum Gasteiger partial charge on any atom is 0.237 e. The molecule has 0 aromatic carbocycles. The lowest BCUT2D eigenvalue weighted by Crippen LogP contribution is -2.29. The molecule has 56 valence electrons. The highest BCUT2D eigenvalue weighted by atomic mass is 79.9. The fourth-order valence-electron chi connectivity index (χ4n) is 1.11. The highest BCUT2D eigenvalue weighted by molar-refractivity contribution is 9.10. The Labute approximate surface area is 72.1 Å². The van der Waals surface area contributed by atoms with Gasteiger partial charge in [0.2, 0.25) is 12.4 Å². The zero-order valence-corrected chi connectivity index (χ0v) is 7.24. The first kappa shape index (κ1) is 6.79. The highest BCUT2D eigenvalue weighted by Gasteiger charge is 2.15. The Bertz CT molecular complexity index is 335. The second kappa shape index (κ2) is 2.30. The number of rotatable bonds is 0. The number of nitrogens with zero attached hydrogens (tertiary/aromatic N) is 2. The van der Waals surface area contributed by atoms with E-state index in [4.69, 9.17) is 5.21 Å². The van der Waals surface area contributed by atoms with Crippen molar-refractivity contribution in [1.29, 1.82) is 0 Å². The van der Waals surface area contributed by atoms with E-state index in [2.05, 4.69) is 20.9 Å². The molecule has 0 saturated heterocycles. The average molecular weight is 214 g/mol. The van der Waals surface area contributed by atoms with E-state index in [-0.39, 0.29) is 0 Å². The molecule has 2 rings (SSSR count). The van der Waals surface area contributed by atoms with Gasteiger partial charge >= 0.3 is 0 Å². The van der Waals surface area contributed by atoms with Crippen LogP contribution >= 0.6 is 15.9 Å². The Morgan fingerprint density at radius 2 is 2.36 bits per heavy atom. The predicted molar refractivity (Wildman–Crippen MR) is 42.8 cm³/mol. The third kappa shape index (κ3) is 1.03. The second-order valence-corrected chi connectivity index (χ2v) is 3.25. The van der Waals surface area contributed by atoms with E-state index >= 15 is 0 Å². The Morgan fingerprint density at radius 1 is 1.55 bits per heavy atom. The molecule has 3 nitrogen and oxygen atoms in total. The standard InChI is InChI=1S/C7H6BrN2O/c8-7-4-10(11)3-5-1-9-2-6(5)7/h2-4,11H,1H2/q+1. The van der Waals surface area contributed by atoms with Crippen LogP contribution in [0.15, 0.2) is 21.9 Å². The van der Waals surface area contributed by atoms with Gasteiger partial charge in [-0.3, -0.25) is 10.2 Å². The van der Waals surface area contributed by atoms with E-state index in [1.807, 2.05) is 0 Å². The molecule has 1 N–H and O–H groups in total. The molecule has 1 aromatic heterocycles. The maximum atomic E-state index is 9.11. The summed E-state index contributed by atoms with van der Waals surface area (Å²) in [6.07, 6.45) is 5.06. The molecule has 0 fully saturated rings. The zero-order chi connectivity index (χ0) is 7.84. The molecule has 0 unspecified atom stereocenters. The van der Waals surface area contributed by atoms with Crippen molar-refractivity contribution in [3.8, 4) is 0 Å². The minimum absolute atomic E-state index is 0.662. The summed E-state index contributed by atoms with van der Waals surface area (Å²) in [5.41, 5.74) is 2.11. The first-order valence-electron chi connectivity index (χ1n) is 3.20. The lowest BCUT2D eigenvalue weighted by Gasteiger charge is -1.93. The van der Waals surface area contributed by atoms with Crippen molar-refractivity contribution in [3.63, 3.8) is 0 Å². The highest BCUT2D eigenvalue weighted by Crippen LogP contribution is 2.20. The van der Waals surface area contributed by atoms with Crippen LogP contribution in [-0.2, 0) is 6.54 Å². The SMILES string of the molecule is O[n+]1cc(Br)c2c(c1)CN=C2. The molecule has 0 saturated carbocycles. The molecule has 0 radical (unpaired) electrons. The van der Waals surface area contributed by atoms with Crippen molar-refractivity contribution in [2.24, 2.45) is 4.99 Å². The molecule has 1 aliphatic rings. The third-order valence-corrected chi connectivity index (χ3v) is 2.25. The molecule has 0 bridgehead atoms. The topological polar surface area (TPSA) is 36.5 Å². The summed E-state index contributed by atoms with van der Waals surface area (Å²) in [5, 5.41) is 9.11. The van der Waals surface area contributed by atoms with E-state index in [9.17, 15) is 0 Å². The second-order valence-electron chi connectivity index (χ2n) is 2.39. The zero-order valence-electron chi connectivity index (χ0n) is 5.66. The van der Waals surface area contributed by atoms with Crippen LogP contribution in [0.5, 0.6) is 0 Å². The summed E-state index contributed by atoms with van der Waals surface area (Å²) in [7, 11) is 0. The number of aliphatic imine (C=N–C) groups is 1. The third-order valence-electron chi connectivity index (χ3n) is 1.62. The normalized spacial score (nSPS) is 13.5. The fraction of sp³-hybridized carbons (Fsp3) is 0.143. The number of fused-ring (bicyclic) bond motifs is 1. The number of pyridine rings is 1. The van der Waals surface area contributed by atoms with E-state index in [0.717, 1.165) is 20.3 Å². The Hall–Kier alpha value is -0.900. The van der Waals surface area contributed by atoms with Gasteiger partial charge in [-0.15, -0.1) is 0 Å². The molecular formula is C7H6BrN2O+. The molecular weight excluding hydrogens is 208 g/mol. The first-order valence-corrected chi connectivity index (χ1v) is 3.99. The molecule has 0 amide bonds. The van der Waals surface area contributed by atoms with Crippen LogP contribution in [0.2, 0.25) is 0 Å². The monoisotopic (exact) mass is 213 g/mol. The number of halogens is 1. The summed E-state index contributed by atoms with van der Waals surface area (Å²) in [5.74, 6) is 0. The quantitative estimate of drug-likeness (QED) is 0.505. The van der Waals surface area contributed by atoms with Gasteiger partial charge in [0.1, 0.15) is 0 Å². The average Bonchev–Trinajstić information content (AvgIpc) is 2.34. The molecule has 0 aliphatic carbocycles. The van der Waals surface area contributed by atoms with Crippen LogP contribution in [-0.4, -0.2) is 11.4 Å². The van der Waals surface area contributed by atoms with Crippen molar-refractivity contribution in [2.75, 3.05) is 0 Å². The van der Waals surface area contributed by atoms with Gasteiger partial charge in [0.05, 0.1) is 16.6 Å². The summed E-state index contributed by atoms with van der Waals surface area (Å²) in [6.45, 7) is 0.662. The molecule has 4 heteroatoms. The smallest absolute Gasteiger partial charge is 0.237 e. The van der Waals surface area contributed by atoms with Crippen molar-refractivity contribution in [1.82, 2.24) is 0 Å². The number of aromatic nitrogens is 1. The Morgan fingerprint density at radius 3 is 3.18 bits per heavy atom. The first-order chi connectivity index (χ1) is 5.27. The number of hydrogen-bond donors (Lipinski definition) is 1. The van der Waals surface area contributed by atoms with E-state index in [1.165, 1.54) is 0 Å². The molecule has 2 heterocycles. The van der Waals surface area contributed by atoms with Gasteiger partial charge in [0.15, 0.2) is 0 Å². The van der Waals surface area contributed by atoms with Crippen LogP contribution in [0.4, 0.5) is 0 Å². The van der Waals surface area contributed by atoms with Gasteiger partial charge in [-0.1, -0.05) is 0 Å². The molecule has 11 heavy (non-hydrogen) atoms. The molecule has 1 aromatic rings. The van der Waals surface area contributed by atoms with Gasteiger partial charge in [0, 0.05) is 16.5 Å². The van der Waals surface area contributed by atoms with Crippen molar-refractivity contribution in [2.45, 2.75) is 6.54 Å². The lowest BCUT2D eigenvalue weighted by molar-refractivity contribution is -0.905. The Balaban J connectivity index is 2.67. The summed E-state index contributed by atoms with van der Waals surface area (Å²) < 4.78 is 1.91. The van der Waals surface area contributed by atoms with E-state index < -0.39 is 0 Å². The molecule has 1 aliphatic heterocycles. The fourth-order valence-corrected chi connectivity index (χ4v) is 1.68. The van der Waals surface area contributed by atoms with Gasteiger partial charge in [-0.25, -0.2) is 0 Å². The van der Waals surface area contributed by atoms with Gasteiger partial charge in [-0.05, 0) is 15.9 Å². The van der Waals surface area contributed by atoms with Crippen LogP contribution in [0.25, 0.3) is 0 Å². The predicted octanol–water partition coefficient (Wildman–Crippen LogP) is 0.906. The van der Waals surface area contributed by atoms with Crippen LogP contribution < -0.4 is 4.73 Å².